The molecule has 0 saturated carbocycles. The highest BCUT2D eigenvalue weighted by Gasteiger charge is 2.22. The highest BCUT2D eigenvalue weighted by molar-refractivity contribution is 7.22. The summed E-state index contributed by atoms with van der Waals surface area (Å²) in [6, 6.07) is 24.5. The third-order valence-corrected chi connectivity index (χ3v) is 6.23. The molecule has 1 amide bonds. The second-order valence-corrected chi connectivity index (χ2v) is 8.49. The first kappa shape index (κ1) is 22.2. The first-order valence-corrected chi connectivity index (χ1v) is 11.5. The maximum absolute atomic E-state index is 13.5. The van der Waals surface area contributed by atoms with Crippen LogP contribution in [-0.2, 0) is 0 Å². The molecular formula is C27H19N3O4S. The van der Waals surface area contributed by atoms with Crippen molar-refractivity contribution in [2.75, 3.05) is 12.1 Å². The number of ketones is 1. The van der Waals surface area contributed by atoms with E-state index in [1.54, 1.807) is 55.6 Å². The highest BCUT2D eigenvalue weighted by atomic mass is 32.1. The van der Waals surface area contributed by atoms with E-state index in [1.165, 1.54) is 28.8 Å². The predicted molar refractivity (Wildman–Crippen MR) is 136 cm³/mol. The number of nitrogens with zero attached hydrogens (tertiary/aromatic N) is 3. The third-order valence-electron chi connectivity index (χ3n) is 5.23. The molecule has 2 aromatic heterocycles. The van der Waals surface area contributed by atoms with E-state index in [2.05, 4.69) is 10.1 Å². The van der Waals surface area contributed by atoms with Crippen LogP contribution < -0.4 is 9.75 Å². The van der Waals surface area contributed by atoms with Gasteiger partial charge < -0.3 is 9.15 Å². The summed E-state index contributed by atoms with van der Waals surface area (Å²) in [7, 11) is 1.60. The van der Waals surface area contributed by atoms with Crippen LogP contribution in [0.3, 0.4) is 0 Å². The minimum atomic E-state index is -0.391. The van der Waals surface area contributed by atoms with Crippen LogP contribution in [-0.4, -0.2) is 30.0 Å². The first-order valence-electron chi connectivity index (χ1n) is 10.7. The SMILES string of the molecule is COc1ccc2nc(N(/N=C/c3ccco3)C(=O)c3ccc(C(=O)c4ccccc4)cc3)sc2c1. The topological polar surface area (TPSA) is 85.0 Å². The van der Waals surface area contributed by atoms with E-state index in [1.807, 2.05) is 36.4 Å². The fraction of sp³-hybridized carbons (Fsp3) is 0.0370. The number of hydrogen-bond donors (Lipinski definition) is 0. The molecule has 0 N–H and O–H groups in total. The van der Waals surface area contributed by atoms with Crippen LogP contribution >= 0.6 is 11.3 Å². The molecular weight excluding hydrogens is 462 g/mol. The Kier molecular flexibility index (Phi) is 6.19. The van der Waals surface area contributed by atoms with Crippen molar-refractivity contribution in [1.82, 2.24) is 4.98 Å². The lowest BCUT2D eigenvalue weighted by atomic mass is 10.0. The van der Waals surface area contributed by atoms with E-state index >= 15 is 0 Å². The third kappa shape index (κ3) is 4.73. The zero-order chi connectivity index (χ0) is 24.2. The van der Waals surface area contributed by atoms with E-state index < -0.39 is 5.91 Å². The Morgan fingerprint density at radius 1 is 0.943 bits per heavy atom. The van der Waals surface area contributed by atoms with Gasteiger partial charge in [-0.3, -0.25) is 9.59 Å². The number of hydrazone groups is 1. The number of thiazole rings is 1. The molecule has 7 nitrogen and oxygen atoms in total. The van der Waals surface area contributed by atoms with Crippen molar-refractivity contribution >= 4 is 44.6 Å². The normalized spacial score (nSPS) is 11.1. The quantitative estimate of drug-likeness (QED) is 0.166. The lowest BCUT2D eigenvalue weighted by molar-refractivity contribution is 0.0985. The molecule has 0 fully saturated rings. The number of methoxy groups -OCH3 is 1. The number of carbonyl (C=O) groups is 2. The van der Waals surface area contributed by atoms with Crippen molar-refractivity contribution in [2.45, 2.75) is 0 Å². The lowest BCUT2D eigenvalue weighted by Crippen LogP contribution is -2.25. The number of furan rings is 1. The van der Waals surface area contributed by atoms with Crippen LogP contribution in [0.15, 0.2) is 101 Å². The van der Waals surface area contributed by atoms with Gasteiger partial charge in [0.1, 0.15) is 11.5 Å². The maximum atomic E-state index is 13.5. The average Bonchev–Trinajstić information content (AvgIpc) is 3.58. The molecule has 0 aliphatic heterocycles. The summed E-state index contributed by atoms with van der Waals surface area (Å²) >= 11 is 1.32. The Labute approximate surface area is 204 Å². The summed E-state index contributed by atoms with van der Waals surface area (Å²) < 4.78 is 11.5. The fourth-order valence-electron chi connectivity index (χ4n) is 3.42. The molecule has 0 aliphatic rings. The van der Waals surface area contributed by atoms with Crippen LogP contribution in [0.5, 0.6) is 5.75 Å². The van der Waals surface area contributed by atoms with Gasteiger partial charge in [-0.25, -0.2) is 4.98 Å². The van der Waals surface area contributed by atoms with Gasteiger partial charge in [0, 0.05) is 16.7 Å². The van der Waals surface area contributed by atoms with Gasteiger partial charge in [0.25, 0.3) is 5.91 Å². The van der Waals surface area contributed by atoms with Crippen molar-refractivity contribution in [3.8, 4) is 5.75 Å². The lowest BCUT2D eigenvalue weighted by Gasteiger charge is -2.14. The highest BCUT2D eigenvalue weighted by Crippen LogP contribution is 2.32. The number of fused-ring (bicyclic) bond motifs is 1. The average molecular weight is 482 g/mol. The molecule has 0 atom stereocenters. The number of hydrogen-bond acceptors (Lipinski definition) is 7. The van der Waals surface area contributed by atoms with Crippen LogP contribution in [0.1, 0.15) is 32.0 Å². The Hall–Kier alpha value is -4.56. The molecule has 3 aromatic carbocycles. The Morgan fingerprint density at radius 3 is 2.40 bits per heavy atom. The summed E-state index contributed by atoms with van der Waals surface area (Å²) in [6.45, 7) is 0. The second kappa shape index (κ2) is 9.74. The molecule has 0 radical (unpaired) electrons. The van der Waals surface area contributed by atoms with Crippen LogP contribution in [0.2, 0.25) is 0 Å². The van der Waals surface area contributed by atoms with Gasteiger partial charge in [0.05, 0.1) is 29.8 Å². The van der Waals surface area contributed by atoms with Crippen LogP contribution in [0.25, 0.3) is 10.2 Å². The zero-order valence-corrected chi connectivity index (χ0v) is 19.4. The summed E-state index contributed by atoms with van der Waals surface area (Å²) in [5.74, 6) is 0.688. The predicted octanol–water partition coefficient (Wildman–Crippen LogP) is 5.81. The Bertz CT molecular complexity index is 1510. The monoisotopic (exact) mass is 481 g/mol. The van der Waals surface area contributed by atoms with E-state index in [0.717, 1.165) is 10.2 Å². The molecule has 35 heavy (non-hydrogen) atoms. The molecule has 0 saturated heterocycles. The van der Waals surface area contributed by atoms with Gasteiger partial charge in [0.2, 0.25) is 5.13 Å². The van der Waals surface area contributed by atoms with Crippen molar-refractivity contribution < 1.29 is 18.7 Å². The van der Waals surface area contributed by atoms with Crippen LogP contribution in [0.4, 0.5) is 5.13 Å². The Balaban J connectivity index is 1.47. The summed E-state index contributed by atoms with van der Waals surface area (Å²) in [5, 5.41) is 5.99. The largest absolute Gasteiger partial charge is 0.497 e. The minimum Gasteiger partial charge on any atom is -0.497 e. The number of ether oxygens (including phenoxy) is 1. The fourth-order valence-corrected chi connectivity index (χ4v) is 4.37. The number of aromatic nitrogens is 1. The van der Waals surface area contributed by atoms with Crippen molar-refractivity contribution in [1.29, 1.82) is 0 Å². The van der Waals surface area contributed by atoms with Gasteiger partial charge in [-0.15, -0.1) is 0 Å². The molecule has 0 unspecified atom stereocenters. The van der Waals surface area contributed by atoms with E-state index in [9.17, 15) is 9.59 Å². The second-order valence-electron chi connectivity index (χ2n) is 7.48. The number of benzene rings is 3. The molecule has 0 bridgehead atoms. The number of carbonyl (C=O) groups excluding carboxylic acids is 2. The molecule has 0 spiro atoms. The van der Waals surface area contributed by atoms with E-state index in [0.29, 0.717) is 33.3 Å². The smallest absolute Gasteiger partial charge is 0.280 e. The van der Waals surface area contributed by atoms with Gasteiger partial charge in [0.15, 0.2) is 5.78 Å². The molecule has 172 valence electrons. The number of amides is 1. The van der Waals surface area contributed by atoms with Gasteiger partial charge in [-0.2, -0.15) is 10.1 Å². The van der Waals surface area contributed by atoms with E-state index in [4.69, 9.17) is 9.15 Å². The van der Waals surface area contributed by atoms with Crippen LogP contribution in [0, 0.1) is 0 Å². The molecule has 2 heterocycles. The molecule has 0 aliphatic carbocycles. The zero-order valence-electron chi connectivity index (χ0n) is 18.6. The summed E-state index contributed by atoms with van der Waals surface area (Å²) in [4.78, 5) is 30.8. The first-order chi connectivity index (χ1) is 17.1. The minimum absolute atomic E-state index is 0.114. The van der Waals surface area contributed by atoms with Gasteiger partial charge >= 0.3 is 0 Å². The Morgan fingerprint density at radius 2 is 1.69 bits per heavy atom. The molecule has 8 heteroatoms. The number of anilines is 1. The molecule has 5 aromatic rings. The summed E-state index contributed by atoms with van der Waals surface area (Å²) in [5.41, 5.74) is 2.16. The van der Waals surface area contributed by atoms with E-state index in [-0.39, 0.29) is 5.78 Å². The van der Waals surface area contributed by atoms with Gasteiger partial charge in [-0.05, 0) is 42.5 Å². The van der Waals surface area contributed by atoms with Crippen molar-refractivity contribution in [3.05, 3.63) is 114 Å². The van der Waals surface area contributed by atoms with Crippen molar-refractivity contribution in [3.63, 3.8) is 0 Å². The van der Waals surface area contributed by atoms with Gasteiger partial charge in [-0.1, -0.05) is 53.8 Å². The molecule has 5 rings (SSSR count). The maximum Gasteiger partial charge on any atom is 0.280 e. The summed E-state index contributed by atoms with van der Waals surface area (Å²) in [6.07, 6.45) is 2.98. The van der Waals surface area contributed by atoms with Crippen molar-refractivity contribution in [2.24, 2.45) is 5.10 Å². The standard InChI is InChI=1S/C27H19N3O4S/c1-33-21-13-14-23-24(16-21)35-27(29-23)30(28-17-22-8-5-15-34-22)26(32)20-11-9-19(10-12-20)25(31)18-6-3-2-4-7-18/h2-17H,1H3/b28-17+. The number of rotatable bonds is 7.